The fraction of sp³-hybridized carbons (Fsp3) is 0.455. The Morgan fingerprint density at radius 2 is 2.30 bits per heavy atom. The van der Waals surface area contributed by atoms with Crippen molar-refractivity contribution in [2.75, 3.05) is 18.8 Å². The molecule has 1 fully saturated rings. The lowest BCUT2D eigenvalue weighted by atomic mass is 10.3. The van der Waals surface area contributed by atoms with Crippen molar-refractivity contribution in [3.05, 3.63) is 10.6 Å². The number of primary amides is 1. The summed E-state index contributed by atoms with van der Waals surface area (Å²) >= 11 is 2.62. The Bertz CT molecular complexity index is 558. The highest BCUT2D eigenvalue weighted by Crippen LogP contribution is 2.27. The third-order valence-corrected chi connectivity index (χ3v) is 4.97. The number of thioether (sulfide) groups is 1. The number of hydrogen-bond donors (Lipinski definition) is 2. The molecule has 1 aliphatic rings. The molecule has 2 rings (SSSR count). The molecule has 4 amide bonds. The van der Waals surface area contributed by atoms with Gasteiger partial charge in [-0.2, -0.15) is 0 Å². The van der Waals surface area contributed by atoms with Gasteiger partial charge in [0, 0.05) is 18.0 Å². The van der Waals surface area contributed by atoms with Gasteiger partial charge in [-0.1, -0.05) is 11.8 Å². The Kier molecular flexibility index (Phi) is 4.61. The van der Waals surface area contributed by atoms with Gasteiger partial charge in [0.15, 0.2) is 4.34 Å². The van der Waals surface area contributed by atoms with Gasteiger partial charge in [-0.3, -0.25) is 14.5 Å². The molecule has 0 spiro atoms. The van der Waals surface area contributed by atoms with Crippen LogP contribution in [0.3, 0.4) is 0 Å². The second kappa shape index (κ2) is 6.23. The Labute approximate surface area is 123 Å². The van der Waals surface area contributed by atoms with Gasteiger partial charge in [0.1, 0.15) is 0 Å². The largest absolute Gasteiger partial charge is 0.369 e. The van der Waals surface area contributed by atoms with Gasteiger partial charge in [0.25, 0.3) is 0 Å². The number of hydrogen-bond acceptors (Lipinski definition) is 6. The van der Waals surface area contributed by atoms with Gasteiger partial charge in [-0.15, -0.1) is 11.3 Å². The van der Waals surface area contributed by atoms with Crippen LogP contribution in [0, 0.1) is 6.92 Å². The molecule has 108 valence electrons. The molecular weight excluding hydrogens is 300 g/mol. The molecule has 2 heterocycles. The number of nitrogens with two attached hydrogens (primary N) is 1. The number of carbonyl (C=O) groups is 3. The fourth-order valence-corrected chi connectivity index (χ4v) is 3.82. The van der Waals surface area contributed by atoms with E-state index < -0.39 is 5.91 Å². The summed E-state index contributed by atoms with van der Waals surface area (Å²) in [7, 11) is 0. The van der Waals surface area contributed by atoms with Crippen molar-refractivity contribution in [1.82, 2.24) is 15.2 Å². The quantitative estimate of drug-likeness (QED) is 0.751. The van der Waals surface area contributed by atoms with E-state index in [-0.39, 0.29) is 24.1 Å². The number of carbonyl (C=O) groups excluding carboxylic acids is 3. The van der Waals surface area contributed by atoms with E-state index in [2.05, 4.69) is 10.3 Å². The normalized spacial score (nSPS) is 14.4. The lowest BCUT2D eigenvalue weighted by Gasteiger charge is -2.10. The molecule has 9 heteroatoms. The van der Waals surface area contributed by atoms with Crippen LogP contribution in [0.25, 0.3) is 0 Å². The lowest BCUT2D eigenvalue weighted by molar-refractivity contribution is -0.124. The van der Waals surface area contributed by atoms with Crippen LogP contribution in [-0.2, 0) is 16.0 Å². The number of rotatable bonds is 5. The molecule has 7 nitrogen and oxygen atoms in total. The van der Waals surface area contributed by atoms with Gasteiger partial charge < -0.3 is 11.1 Å². The predicted molar refractivity (Wildman–Crippen MR) is 75.6 cm³/mol. The van der Waals surface area contributed by atoms with Gasteiger partial charge in [0.05, 0.1) is 17.9 Å². The number of urea groups is 1. The molecule has 1 aliphatic heterocycles. The highest BCUT2D eigenvalue weighted by Gasteiger charge is 2.26. The van der Waals surface area contributed by atoms with E-state index in [1.807, 2.05) is 0 Å². The van der Waals surface area contributed by atoms with E-state index in [9.17, 15) is 14.4 Å². The van der Waals surface area contributed by atoms with Crippen LogP contribution in [0.1, 0.15) is 10.6 Å². The van der Waals surface area contributed by atoms with Crippen LogP contribution in [0.4, 0.5) is 4.79 Å². The summed E-state index contributed by atoms with van der Waals surface area (Å²) in [6.07, 6.45) is 0.159. The second-order valence-electron chi connectivity index (χ2n) is 4.20. The molecule has 20 heavy (non-hydrogen) atoms. The van der Waals surface area contributed by atoms with E-state index in [4.69, 9.17) is 5.73 Å². The number of nitrogens with zero attached hydrogens (tertiary/aromatic N) is 2. The zero-order chi connectivity index (χ0) is 14.7. The highest BCUT2D eigenvalue weighted by molar-refractivity contribution is 8.01. The average Bonchev–Trinajstić information content (AvgIpc) is 2.93. The minimum Gasteiger partial charge on any atom is -0.369 e. The predicted octanol–water partition coefficient (Wildman–Crippen LogP) is 0.123. The third kappa shape index (κ3) is 3.48. The van der Waals surface area contributed by atoms with Crippen molar-refractivity contribution in [3.63, 3.8) is 0 Å². The summed E-state index contributed by atoms with van der Waals surface area (Å²) in [5, 5.41) is 2.58. The maximum Gasteiger partial charge on any atom is 0.324 e. The molecule has 0 radical (unpaired) electrons. The molecule has 0 atom stereocenters. The van der Waals surface area contributed by atoms with Crippen molar-refractivity contribution in [2.45, 2.75) is 17.7 Å². The van der Waals surface area contributed by atoms with Crippen LogP contribution < -0.4 is 11.1 Å². The van der Waals surface area contributed by atoms with Gasteiger partial charge in [-0.05, 0) is 6.92 Å². The molecule has 1 saturated heterocycles. The first-order valence-electron chi connectivity index (χ1n) is 5.93. The summed E-state index contributed by atoms with van der Waals surface area (Å²) < 4.78 is 0.701. The number of nitrogens with one attached hydrogen (secondary N) is 1. The maximum atomic E-state index is 11.8. The summed E-state index contributed by atoms with van der Waals surface area (Å²) in [5.74, 6) is -0.497. The average molecular weight is 314 g/mol. The van der Waals surface area contributed by atoms with Crippen molar-refractivity contribution in [2.24, 2.45) is 5.73 Å². The summed E-state index contributed by atoms with van der Waals surface area (Å²) in [6.45, 7) is 2.70. The molecule has 0 saturated carbocycles. The molecule has 3 N–H and O–H groups in total. The van der Waals surface area contributed by atoms with E-state index in [1.165, 1.54) is 28.0 Å². The molecule has 1 aromatic rings. The number of aromatic nitrogens is 1. The zero-order valence-corrected chi connectivity index (χ0v) is 12.5. The van der Waals surface area contributed by atoms with Crippen LogP contribution in [0.2, 0.25) is 0 Å². The molecule has 1 aromatic heterocycles. The van der Waals surface area contributed by atoms with Gasteiger partial charge >= 0.3 is 6.03 Å². The Morgan fingerprint density at radius 3 is 2.90 bits per heavy atom. The third-order valence-electron chi connectivity index (χ3n) is 2.68. The molecule has 0 bridgehead atoms. The Balaban J connectivity index is 1.92. The van der Waals surface area contributed by atoms with Gasteiger partial charge in [-0.25, -0.2) is 9.78 Å². The number of imide groups is 1. The van der Waals surface area contributed by atoms with Crippen LogP contribution >= 0.6 is 23.1 Å². The SMILES string of the molecule is Cc1nc(SCC(=O)N2CCNC2=O)sc1CC(N)=O. The number of aryl methyl sites for hydroxylation is 1. The summed E-state index contributed by atoms with van der Waals surface area (Å²) in [5.41, 5.74) is 5.90. The van der Waals surface area contributed by atoms with E-state index in [1.54, 1.807) is 6.92 Å². The van der Waals surface area contributed by atoms with Crippen LogP contribution in [0.5, 0.6) is 0 Å². The minimum absolute atomic E-state index is 0.149. The molecule has 0 unspecified atom stereocenters. The monoisotopic (exact) mass is 314 g/mol. The van der Waals surface area contributed by atoms with Crippen molar-refractivity contribution < 1.29 is 14.4 Å². The topological polar surface area (TPSA) is 105 Å². The first-order valence-corrected chi connectivity index (χ1v) is 7.73. The standard InChI is InChI=1S/C11H14N4O3S2/c1-6-7(4-8(12)16)20-11(14-6)19-5-9(17)15-3-2-13-10(15)18/h2-5H2,1H3,(H2,12,16)(H,13,18). The first kappa shape index (κ1) is 14.8. The van der Waals surface area contributed by atoms with E-state index in [0.717, 1.165) is 10.6 Å². The van der Waals surface area contributed by atoms with Crippen molar-refractivity contribution in [1.29, 1.82) is 0 Å². The lowest BCUT2D eigenvalue weighted by Crippen LogP contribution is -2.35. The van der Waals surface area contributed by atoms with E-state index in [0.29, 0.717) is 17.4 Å². The molecular formula is C11H14N4O3S2. The Morgan fingerprint density at radius 1 is 1.55 bits per heavy atom. The Hall–Kier alpha value is -1.61. The smallest absolute Gasteiger partial charge is 0.324 e. The molecule has 0 aliphatic carbocycles. The number of amides is 4. The van der Waals surface area contributed by atoms with Crippen LogP contribution in [-0.4, -0.2) is 46.6 Å². The van der Waals surface area contributed by atoms with Crippen molar-refractivity contribution in [3.8, 4) is 0 Å². The maximum absolute atomic E-state index is 11.8. The second-order valence-corrected chi connectivity index (χ2v) is 6.50. The fourth-order valence-electron chi connectivity index (χ4n) is 1.70. The molecule has 0 aromatic carbocycles. The summed E-state index contributed by atoms with van der Waals surface area (Å²) in [6, 6.07) is -0.347. The van der Waals surface area contributed by atoms with E-state index >= 15 is 0 Å². The van der Waals surface area contributed by atoms with Crippen LogP contribution in [0.15, 0.2) is 4.34 Å². The zero-order valence-electron chi connectivity index (χ0n) is 10.8. The summed E-state index contributed by atoms with van der Waals surface area (Å²) in [4.78, 5) is 40.4. The highest BCUT2D eigenvalue weighted by atomic mass is 32.2. The van der Waals surface area contributed by atoms with Gasteiger partial charge in [0.2, 0.25) is 11.8 Å². The number of thiazole rings is 1. The minimum atomic E-state index is -0.405. The first-order chi connectivity index (χ1) is 9.47. The van der Waals surface area contributed by atoms with Crippen molar-refractivity contribution >= 4 is 40.9 Å².